The first kappa shape index (κ1) is 15.7. The van der Waals surface area contributed by atoms with Crippen molar-refractivity contribution < 1.29 is 4.79 Å². The fraction of sp³-hybridized carbons (Fsp3) is 0.611. The van der Waals surface area contributed by atoms with Gasteiger partial charge in [0.1, 0.15) is 0 Å². The summed E-state index contributed by atoms with van der Waals surface area (Å²) in [6.07, 6.45) is 5.86. The molecule has 3 rings (SSSR count). The topological polar surface area (TPSA) is 23.6 Å². The van der Waals surface area contributed by atoms with Crippen molar-refractivity contribution in [2.24, 2.45) is 5.92 Å². The van der Waals surface area contributed by atoms with Gasteiger partial charge >= 0.3 is 0 Å². The van der Waals surface area contributed by atoms with E-state index in [2.05, 4.69) is 22.8 Å². The van der Waals surface area contributed by atoms with Gasteiger partial charge in [0, 0.05) is 43.3 Å². The van der Waals surface area contributed by atoms with Crippen LogP contribution in [-0.4, -0.2) is 37.0 Å². The third-order valence-electron chi connectivity index (χ3n) is 5.08. The molecule has 0 N–H and O–H groups in total. The molecular weight excluding hydrogens is 296 g/mol. The smallest absolute Gasteiger partial charge is 0.222 e. The minimum Gasteiger partial charge on any atom is -0.368 e. The Morgan fingerprint density at radius 3 is 2.55 bits per heavy atom. The minimum atomic E-state index is 0.356. The zero-order valence-corrected chi connectivity index (χ0v) is 14.1. The Morgan fingerprint density at radius 1 is 1.18 bits per heavy atom. The van der Waals surface area contributed by atoms with Gasteiger partial charge in [-0.05, 0) is 43.4 Å². The highest BCUT2D eigenvalue weighted by Crippen LogP contribution is 2.29. The van der Waals surface area contributed by atoms with Gasteiger partial charge in [0.15, 0.2) is 0 Å². The molecule has 1 amide bonds. The van der Waals surface area contributed by atoms with Crippen LogP contribution in [0.3, 0.4) is 0 Å². The molecule has 1 aromatic carbocycles. The van der Waals surface area contributed by atoms with Gasteiger partial charge in [0.2, 0.25) is 5.91 Å². The highest BCUT2D eigenvalue weighted by atomic mass is 35.5. The molecule has 3 nitrogen and oxygen atoms in total. The molecule has 0 spiro atoms. The average Bonchev–Trinajstić information content (AvgIpc) is 3.03. The zero-order chi connectivity index (χ0) is 15.5. The first-order valence-corrected chi connectivity index (χ1v) is 8.80. The van der Waals surface area contributed by atoms with Crippen molar-refractivity contribution in [1.29, 1.82) is 0 Å². The first-order chi connectivity index (χ1) is 10.6. The van der Waals surface area contributed by atoms with Crippen molar-refractivity contribution in [2.45, 2.75) is 39.0 Å². The summed E-state index contributed by atoms with van der Waals surface area (Å²) in [6, 6.07) is 6.03. The number of rotatable bonds is 3. The summed E-state index contributed by atoms with van der Waals surface area (Å²) < 4.78 is 0. The molecule has 1 aromatic rings. The minimum absolute atomic E-state index is 0.356. The van der Waals surface area contributed by atoms with Crippen LogP contribution in [0.1, 0.15) is 37.7 Å². The number of hydrogen-bond donors (Lipinski definition) is 0. The maximum absolute atomic E-state index is 12.4. The maximum Gasteiger partial charge on any atom is 0.222 e. The predicted molar refractivity (Wildman–Crippen MR) is 91.6 cm³/mol. The third kappa shape index (κ3) is 3.57. The van der Waals surface area contributed by atoms with Gasteiger partial charge in [-0.1, -0.05) is 30.5 Å². The number of aryl methyl sites for hydroxylation is 1. The van der Waals surface area contributed by atoms with Crippen molar-refractivity contribution in [2.75, 3.05) is 31.1 Å². The zero-order valence-electron chi connectivity index (χ0n) is 13.4. The molecule has 1 heterocycles. The largest absolute Gasteiger partial charge is 0.368 e. The van der Waals surface area contributed by atoms with Crippen molar-refractivity contribution >= 4 is 23.2 Å². The lowest BCUT2D eigenvalue weighted by Crippen LogP contribution is -2.49. The van der Waals surface area contributed by atoms with E-state index in [1.807, 2.05) is 12.1 Å². The van der Waals surface area contributed by atoms with E-state index in [4.69, 9.17) is 11.6 Å². The molecule has 1 aliphatic carbocycles. The number of carbonyl (C=O) groups is 1. The van der Waals surface area contributed by atoms with Crippen molar-refractivity contribution in [3.63, 3.8) is 0 Å². The summed E-state index contributed by atoms with van der Waals surface area (Å²) in [7, 11) is 0. The van der Waals surface area contributed by atoms with Crippen molar-refractivity contribution in [1.82, 2.24) is 4.90 Å². The van der Waals surface area contributed by atoms with Gasteiger partial charge in [-0.2, -0.15) is 0 Å². The standard InChI is InChI=1S/C18H25ClN2O/c1-14-6-7-16(19)13-17(14)20-8-10-21(11-9-20)18(22)12-15-4-2-3-5-15/h6-7,13,15H,2-5,8-12H2,1H3. The maximum atomic E-state index is 12.4. The van der Waals surface area contributed by atoms with Crippen LogP contribution in [0.25, 0.3) is 0 Å². The summed E-state index contributed by atoms with van der Waals surface area (Å²) in [6.45, 7) is 5.58. The lowest BCUT2D eigenvalue weighted by Gasteiger charge is -2.37. The fourth-order valence-electron chi connectivity index (χ4n) is 3.71. The Bertz CT molecular complexity index is 532. The van der Waals surface area contributed by atoms with Crippen LogP contribution >= 0.6 is 11.6 Å². The summed E-state index contributed by atoms with van der Waals surface area (Å²) in [5, 5.41) is 0.778. The van der Waals surface area contributed by atoms with Crippen molar-refractivity contribution in [3.8, 4) is 0 Å². The van der Waals surface area contributed by atoms with Gasteiger partial charge in [-0.3, -0.25) is 4.79 Å². The highest BCUT2D eigenvalue weighted by molar-refractivity contribution is 6.30. The SMILES string of the molecule is Cc1ccc(Cl)cc1N1CCN(C(=O)CC2CCCC2)CC1. The molecule has 4 heteroatoms. The molecule has 120 valence electrons. The molecule has 2 fully saturated rings. The van der Waals surface area contributed by atoms with Crippen LogP contribution in [-0.2, 0) is 4.79 Å². The normalized spacial score (nSPS) is 19.7. The van der Waals surface area contributed by atoms with Crippen molar-refractivity contribution in [3.05, 3.63) is 28.8 Å². The molecule has 0 aromatic heterocycles. The quantitative estimate of drug-likeness (QED) is 0.844. The van der Waals surface area contributed by atoms with E-state index >= 15 is 0 Å². The second-order valence-corrected chi connectivity index (χ2v) is 7.09. The Labute approximate surface area is 138 Å². The third-order valence-corrected chi connectivity index (χ3v) is 5.32. The Hall–Kier alpha value is -1.22. The number of halogens is 1. The Kier molecular flexibility index (Phi) is 4.92. The van der Waals surface area contributed by atoms with Crippen LogP contribution in [0.5, 0.6) is 0 Å². The highest BCUT2D eigenvalue weighted by Gasteiger charge is 2.25. The van der Waals surface area contributed by atoms with Crippen LogP contribution in [0.15, 0.2) is 18.2 Å². The molecule has 0 unspecified atom stereocenters. The average molecular weight is 321 g/mol. The molecular formula is C18H25ClN2O. The van der Waals surface area contributed by atoms with Gasteiger partial charge in [-0.25, -0.2) is 0 Å². The van der Waals surface area contributed by atoms with Gasteiger partial charge in [0.25, 0.3) is 0 Å². The van der Waals surface area contributed by atoms with Crippen LogP contribution < -0.4 is 4.90 Å². The number of carbonyl (C=O) groups excluding carboxylic acids is 1. The molecule has 1 saturated heterocycles. The number of amides is 1. The second kappa shape index (κ2) is 6.91. The van der Waals surface area contributed by atoms with Gasteiger partial charge in [-0.15, -0.1) is 0 Å². The fourth-order valence-corrected chi connectivity index (χ4v) is 3.88. The number of anilines is 1. The Morgan fingerprint density at radius 2 is 1.86 bits per heavy atom. The van der Waals surface area contributed by atoms with Gasteiger partial charge < -0.3 is 9.80 Å². The Balaban J connectivity index is 1.55. The number of hydrogen-bond acceptors (Lipinski definition) is 2. The summed E-state index contributed by atoms with van der Waals surface area (Å²) >= 11 is 6.12. The first-order valence-electron chi connectivity index (χ1n) is 8.42. The van der Waals surface area contributed by atoms with E-state index in [0.29, 0.717) is 11.8 Å². The molecule has 2 aliphatic rings. The molecule has 1 saturated carbocycles. The lowest BCUT2D eigenvalue weighted by molar-refractivity contribution is -0.132. The van der Waals surface area contributed by atoms with E-state index in [-0.39, 0.29) is 0 Å². The summed E-state index contributed by atoms with van der Waals surface area (Å²) in [5.41, 5.74) is 2.45. The number of nitrogens with zero attached hydrogens (tertiary/aromatic N) is 2. The van der Waals surface area contributed by atoms with E-state index in [9.17, 15) is 4.79 Å². The van der Waals surface area contributed by atoms with Crippen LogP contribution in [0.2, 0.25) is 5.02 Å². The number of benzene rings is 1. The molecule has 0 atom stereocenters. The second-order valence-electron chi connectivity index (χ2n) is 6.65. The van der Waals surface area contributed by atoms with Crippen LogP contribution in [0, 0.1) is 12.8 Å². The molecule has 1 aliphatic heterocycles. The van der Waals surface area contributed by atoms with E-state index in [1.54, 1.807) is 0 Å². The van der Waals surface area contributed by atoms with Crippen LogP contribution in [0.4, 0.5) is 5.69 Å². The molecule has 0 bridgehead atoms. The lowest BCUT2D eigenvalue weighted by atomic mass is 10.0. The van der Waals surface area contributed by atoms with Gasteiger partial charge in [0.05, 0.1) is 0 Å². The van der Waals surface area contributed by atoms with E-state index < -0.39 is 0 Å². The van der Waals surface area contributed by atoms with E-state index in [0.717, 1.165) is 37.6 Å². The molecule has 22 heavy (non-hydrogen) atoms. The summed E-state index contributed by atoms with van der Waals surface area (Å²) in [4.78, 5) is 16.8. The number of piperazine rings is 1. The van der Waals surface area contributed by atoms with E-state index in [1.165, 1.54) is 36.9 Å². The predicted octanol–water partition coefficient (Wildman–Crippen LogP) is 3.88. The molecule has 0 radical (unpaired) electrons. The monoisotopic (exact) mass is 320 g/mol. The summed E-state index contributed by atoms with van der Waals surface area (Å²) in [5.74, 6) is 0.995.